The lowest BCUT2D eigenvalue weighted by Crippen LogP contribution is -2.42. The molecule has 2 aliphatic rings. The molecule has 24 heavy (non-hydrogen) atoms. The lowest BCUT2D eigenvalue weighted by molar-refractivity contribution is -0.130. The van der Waals surface area contributed by atoms with E-state index in [1.807, 2.05) is 40.8 Å². The van der Waals surface area contributed by atoms with E-state index in [0.717, 1.165) is 17.0 Å². The van der Waals surface area contributed by atoms with Crippen LogP contribution in [0.25, 0.3) is 11.0 Å². The molecule has 0 spiro atoms. The number of rotatable bonds is 3. The molecule has 0 unspecified atom stereocenters. The van der Waals surface area contributed by atoms with Crippen molar-refractivity contribution in [2.24, 2.45) is 0 Å². The number of aliphatic hydroxyl groups excluding tert-OH is 1. The predicted molar refractivity (Wildman–Crippen MR) is 89.9 cm³/mol. The molecule has 2 atom stereocenters. The first-order chi connectivity index (χ1) is 11.7. The van der Waals surface area contributed by atoms with Gasteiger partial charge in [0.05, 0.1) is 42.8 Å². The number of likely N-dealkylation sites (N-methyl/N-ethyl adjacent to an activating group) is 1. The number of benzene rings is 1. The summed E-state index contributed by atoms with van der Waals surface area (Å²) in [5.74, 6) is 0.969. The van der Waals surface area contributed by atoms with Crippen LogP contribution in [0.5, 0.6) is 0 Å². The van der Waals surface area contributed by atoms with Gasteiger partial charge in [-0.15, -0.1) is 0 Å². The number of anilines is 1. The molecule has 7 heteroatoms. The average molecular weight is 330 g/mol. The second kappa shape index (κ2) is 6.07. The van der Waals surface area contributed by atoms with Gasteiger partial charge in [-0.05, 0) is 12.1 Å². The Hall–Kier alpha value is -2.12. The zero-order valence-electron chi connectivity index (χ0n) is 13.8. The van der Waals surface area contributed by atoms with Crippen LogP contribution in [0, 0.1) is 0 Å². The van der Waals surface area contributed by atoms with Gasteiger partial charge in [0.25, 0.3) is 0 Å². The number of imidazole rings is 1. The highest BCUT2D eigenvalue weighted by Crippen LogP contribution is 2.29. The van der Waals surface area contributed by atoms with Gasteiger partial charge in [0.2, 0.25) is 11.9 Å². The van der Waals surface area contributed by atoms with Crippen LogP contribution in [-0.2, 0) is 16.1 Å². The van der Waals surface area contributed by atoms with Crippen LogP contribution in [0.4, 0.5) is 5.95 Å². The number of fused-ring (bicyclic) bond motifs is 2. The molecule has 4 rings (SSSR count). The number of amides is 1. The maximum absolute atomic E-state index is 12.1. The van der Waals surface area contributed by atoms with Gasteiger partial charge >= 0.3 is 0 Å². The Morgan fingerprint density at radius 3 is 3.00 bits per heavy atom. The molecule has 1 N–H and O–H groups in total. The molecule has 0 radical (unpaired) electrons. The molecule has 128 valence electrons. The summed E-state index contributed by atoms with van der Waals surface area (Å²) in [5.41, 5.74) is 1.93. The molecule has 2 fully saturated rings. The average Bonchev–Trinajstić information content (AvgIpc) is 3.13. The molecule has 2 aliphatic heterocycles. The Kier molecular flexibility index (Phi) is 3.90. The number of aliphatic hydroxyl groups is 1. The fourth-order valence-electron chi connectivity index (χ4n) is 3.74. The molecule has 1 aromatic heterocycles. The summed E-state index contributed by atoms with van der Waals surface area (Å²) in [4.78, 5) is 20.8. The van der Waals surface area contributed by atoms with Crippen LogP contribution >= 0.6 is 0 Å². The molecule has 2 saturated heterocycles. The number of hydrogen-bond acceptors (Lipinski definition) is 5. The van der Waals surface area contributed by atoms with Gasteiger partial charge in [-0.2, -0.15) is 0 Å². The van der Waals surface area contributed by atoms with Crippen molar-refractivity contribution < 1.29 is 14.6 Å². The molecule has 0 bridgehead atoms. The monoisotopic (exact) mass is 330 g/mol. The summed E-state index contributed by atoms with van der Waals surface area (Å²) in [6.07, 6.45) is 0.454. The Bertz CT molecular complexity index is 759. The SMILES string of the molecule is CN1C(=O)CCO[C@H]2CN(c3nc4ccccc4n3CCO)C[C@@H]21. The first kappa shape index (κ1) is 15.4. The van der Waals surface area contributed by atoms with Crippen molar-refractivity contribution in [1.29, 1.82) is 0 Å². The number of hydrogen-bond donors (Lipinski definition) is 1. The molecule has 2 aromatic rings. The van der Waals surface area contributed by atoms with Crippen molar-refractivity contribution >= 4 is 22.9 Å². The molecule has 1 amide bonds. The Labute approximate surface area is 140 Å². The van der Waals surface area contributed by atoms with Crippen molar-refractivity contribution in [3.63, 3.8) is 0 Å². The number of carbonyl (C=O) groups excluding carboxylic acids is 1. The number of nitrogens with zero attached hydrogens (tertiary/aromatic N) is 4. The second-order valence-corrected chi connectivity index (χ2v) is 6.41. The van der Waals surface area contributed by atoms with Gasteiger partial charge in [-0.3, -0.25) is 4.79 Å². The van der Waals surface area contributed by atoms with E-state index in [1.165, 1.54) is 0 Å². The topological polar surface area (TPSA) is 70.8 Å². The van der Waals surface area contributed by atoms with Gasteiger partial charge in [0, 0.05) is 26.7 Å². The van der Waals surface area contributed by atoms with Crippen LogP contribution in [0.15, 0.2) is 24.3 Å². The normalized spacial score (nSPS) is 24.5. The fourth-order valence-corrected chi connectivity index (χ4v) is 3.74. The minimum atomic E-state index is 0.00355. The minimum absolute atomic E-state index is 0.00355. The highest BCUT2D eigenvalue weighted by molar-refractivity contribution is 5.79. The Morgan fingerprint density at radius 2 is 2.17 bits per heavy atom. The van der Waals surface area contributed by atoms with E-state index in [0.29, 0.717) is 32.7 Å². The molecule has 0 saturated carbocycles. The summed E-state index contributed by atoms with van der Waals surface area (Å²) in [6, 6.07) is 7.98. The zero-order valence-corrected chi connectivity index (χ0v) is 13.8. The van der Waals surface area contributed by atoms with E-state index in [9.17, 15) is 9.90 Å². The molecule has 7 nitrogen and oxygen atoms in total. The van der Waals surface area contributed by atoms with Gasteiger partial charge in [0.1, 0.15) is 0 Å². The van der Waals surface area contributed by atoms with Gasteiger partial charge < -0.3 is 24.2 Å². The van der Waals surface area contributed by atoms with Crippen LogP contribution in [0.1, 0.15) is 6.42 Å². The highest BCUT2D eigenvalue weighted by atomic mass is 16.5. The quantitative estimate of drug-likeness (QED) is 0.886. The van der Waals surface area contributed by atoms with Crippen molar-refractivity contribution in [3.8, 4) is 0 Å². The van der Waals surface area contributed by atoms with E-state index in [-0.39, 0.29) is 24.7 Å². The van der Waals surface area contributed by atoms with Crippen LogP contribution in [0.2, 0.25) is 0 Å². The van der Waals surface area contributed by atoms with Crippen molar-refractivity contribution in [1.82, 2.24) is 14.5 Å². The van der Waals surface area contributed by atoms with Crippen molar-refractivity contribution in [3.05, 3.63) is 24.3 Å². The van der Waals surface area contributed by atoms with Gasteiger partial charge in [-0.1, -0.05) is 12.1 Å². The number of carbonyl (C=O) groups is 1. The Morgan fingerprint density at radius 1 is 1.33 bits per heavy atom. The second-order valence-electron chi connectivity index (χ2n) is 6.41. The summed E-state index contributed by atoms with van der Waals surface area (Å²) in [6.45, 7) is 2.43. The van der Waals surface area contributed by atoms with Crippen molar-refractivity contribution in [2.45, 2.75) is 25.1 Å². The zero-order chi connectivity index (χ0) is 16.7. The summed E-state index contributed by atoms with van der Waals surface area (Å²) in [7, 11) is 1.86. The van der Waals surface area contributed by atoms with E-state index in [4.69, 9.17) is 9.72 Å². The van der Waals surface area contributed by atoms with Crippen LogP contribution < -0.4 is 4.90 Å². The maximum atomic E-state index is 12.1. The number of ether oxygens (including phenoxy) is 1. The maximum Gasteiger partial charge on any atom is 0.225 e. The lowest BCUT2D eigenvalue weighted by Gasteiger charge is -2.25. The minimum Gasteiger partial charge on any atom is -0.395 e. The van der Waals surface area contributed by atoms with Crippen LogP contribution in [0.3, 0.4) is 0 Å². The molecular formula is C17H22N4O3. The summed E-state index contributed by atoms with van der Waals surface area (Å²) >= 11 is 0. The predicted octanol–water partition coefficient (Wildman–Crippen LogP) is 0.464. The van der Waals surface area contributed by atoms with Crippen LogP contribution in [-0.4, -0.2) is 71.0 Å². The lowest BCUT2D eigenvalue weighted by atomic mass is 10.2. The van der Waals surface area contributed by atoms with Crippen molar-refractivity contribution in [2.75, 3.05) is 38.3 Å². The third kappa shape index (κ3) is 2.44. The Balaban J connectivity index is 1.69. The third-order valence-corrected chi connectivity index (χ3v) is 5.02. The van der Waals surface area contributed by atoms with E-state index in [2.05, 4.69) is 4.90 Å². The summed E-state index contributed by atoms with van der Waals surface area (Å²) < 4.78 is 7.95. The molecule has 1 aromatic carbocycles. The largest absolute Gasteiger partial charge is 0.395 e. The van der Waals surface area contributed by atoms with Gasteiger partial charge in [-0.25, -0.2) is 4.98 Å². The summed E-state index contributed by atoms with van der Waals surface area (Å²) in [5, 5.41) is 9.44. The third-order valence-electron chi connectivity index (χ3n) is 5.02. The first-order valence-corrected chi connectivity index (χ1v) is 8.37. The fraction of sp³-hybridized carbons (Fsp3) is 0.529. The molecular weight excluding hydrogens is 308 g/mol. The molecule has 0 aliphatic carbocycles. The smallest absolute Gasteiger partial charge is 0.225 e. The number of para-hydroxylation sites is 2. The number of aromatic nitrogens is 2. The van der Waals surface area contributed by atoms with E-state index >= 15 is 0 Å². The van der Waals surface area contributed by atoms with E-state index in [1.54, 1.807) is 0 Å². The molecule has 3 heterocycles. The highest BCUT2D eigenvalue weighted by Gasteiger charge is 2.41. The van der Waals surface area contributed by atoms with E-state index < -0.39 is 0 Å². The standard InChI is InChI=1S/C17H22N4O3/c1-19-14-10-20(11-15(14)24-9-6-16(19)23)17-18-12-4-2-3-5-13(12)21(17)7-8-22/h2-5,14-15,22H,6-11H2,1H3/t14-,15-/m0/s1. The van der Waals surface area contributed by atoms with Gasteiger partial charge in [0.15, 0.2) is 0 Å². The first-order valence-electron chi connectivity index (χ1n) is 8.37.